The zero-order chi connectivity index (χ0) is 12.1. The lowest BCUT2D eigenvalue weighted by atomic mass is 10.3. The van der Waals surface area contributed by atoms with Crippen LogP contribution in [0.4, 0.5) is 0 Å². The zero-order valence-corrected chi connectivity index (χ0v) is 11.4. The predicted molar refractivity (Wildman–Crippen MR) is 72.4 cm³/mol. The standard InChI is InChI=1S/C12H11IN2O2/c1-2-16-9-4-3-5-10(6-9)17-12-11(13)7-14-8-15-12/h3-8H,2H2,1H3. The summed E-state index contributed by atoms with van der Waals surface area (Å²) in [6.45, 7) is 2.58. The second kappa shape index (κ2) is 5.81. The summed E-state index contributed by atoms with van der Waals surface area (Å²) in [6, 6.07) is 7.47. The van der Waals surface area contributed by atoms with Crippen LogP contribution in [0.25, 0.3) is 0 Å². The molecule has 5 heteroatoms. The van der Waals surface area contributed by atoms with Gasteiger partial charge in [-0.3, -0.25) is 0 Å². The molecule has 0 radical (unpaired) electrons. The minimum atomic E-state index is 0.550. The Hall–Kier alpha value is -1.37. The second-order valence-corrected chi connectivity index (χ2v) is 4.35. The molecule has 1 heterocycles. The molecule has 0 aliphatic rings. The largest absolute Gasteiger partial charge is 0.494 e. The highest BCUT2D eigenvalue weighted by Gasteiger charge is 2.04. The Morgan fingerprint density at radius 1 is 1.29 bits per heavy atom. The summed E-state index contributed by atoms with van der Waals surface area (Å²) in [5.74, 6) is 2.04. The Balaban J connectivity index is 2.18. The third-order valence-electron chi connectivity index (χ3n) is 1.96. The molecule has 88 valence electrons. The number of ether oxygens (including phenoxy) is 2. The van der Waals surface area contributed by atoms with E-state index in [4.69, 9.17) is 9.47 Å². The topological polar surface area (TPSA) is 44.2 Å². The highest BCUT2D eigenvalue weighted by Crippen LogP contribution is 2.26. The first-order chi connectivity index (χ1) is 8.29. The molecule has 0 saturated carbocycles. The molecule has 4 nitrogen and oxygen atoms in total. The number of aromatic nitrogens is 2. The van der Waals surface area contributed by atoms with E-state index in [1.165, 1.54) is 6.33 Å². The Bertz CT molecular complexity index is 505. The molecule has 0 N–H and O–H groups in total. The molecule has 0 amide bonds. The van der Waals surface area contributed by atoms with Crippen LogP contribution in [0.1, 0.15) is 6.92 Å². The van der Waals surface area contributed by atoms with Crippen molar-refractivity contribution in [3.63, 3.8) is 0 Å². The smallest absolute Gasteiger partial charge is 0.235 e. The van der Waals surface area contributed by atoms with Crippen molar-refractivity contribution in [3.05, 3.63) is 40.4 Å². The Morgan fingerprint density at radius 3 is 2.88 bits per heavy atom. The van der Waals surface area contributed by atoms with E-state index in [2.05, 4.69) is 32.6 Å². The van der Waals surface area contributed by atoms with Crippen molar-refractivity contribution in [2.45, 2.75) is 6.92 Å². The number of hydrogen-bond acceptors (Lipinski definition) is 4. The molecule has 1 aromatic carbocycles. The lowest BCUT2D eigenvalue weighted by Gasteiger charge is -2.08. The molecule has 17 heavy (non-hydrogen) atoms. The van der Waals surface area contributed by atoms with Crippen molar-refractivity contribution in [1.29, 1.82) is 0 Å². The van der Waals surface area contributed by atoms with Crippen LogP contribution in [-0.4, -0.2) is 16.6 Å². The van der Waals surface area contributed by atoms with Gasteiger partial charge in [0.05, 0.1) is 10.2 Å². The van der Waals surface area contributed by atoms with Crippen LogP contribution in [-0.2, 0) is 0 Å². The monoisotopic (exact) mass is 342 g/mol. The quantitative estimate of drug-likeness (QED) is 0.800. The van der Waals surface area contributed by atoms with E-state index in [1.54, 1.807) is 6.20 Å². The molecule has 0 unspecified atom stereocenters. The van der Waals surface area contributed by atoms with Crippen molar-refractivity contribution in [1.82, 2.24) is 9.97 Å². The third kappa shape index (κ3) is 3.29. The molecule has 1 aromatic heterocycles. The van der Waals surface area contributed by atoms with Gasteiger partial charge >= 0.3 is 0 Å². The maximum Gasteiger partial charge on any atom is 0.235 e. The predicted octanol–water partition coefficient (Wildman–Crippen LogP) is 3.27. The third-order valence-corrected chi connectivity index (χ3v) is 2.70. The molecule has 0 atom stereocenters. The van der Waals surface area contributed by atoms with Crippen LogP contribution in [0.2, 0.25) is 0 Å². The van der Waals surface area contributed by atoms with Crippen molar-refractivity contribution in [2.24, 2.45) is 0 Å². The Kier molecular flexibility index (Phi) is 4.13. The number of halogens is 1. The number of benzene rings is 1. The maximum atomic E-state index is 5.66. The van der Waals surface area contributed by atoms with Gasteiger partial charge in [0.2, 0.25) is 5.88 Å². The van der Waals surface area contributed by atoms with Crippen LogP contribution in [0.5, 0.6) is 17.4 Å². The van der Waals surface area contributed by atoms with E-state index in [-0.39, 0.29) is 0 Å². The van der Waals surface area contributed by atoms with Crippen LogP contribution in [0, 0.1) is 3.57 Å². The van der Waals surface area contributed by atoms with Crippen molar-refractivity contribution < 1.29 is 9.47 Å². The van der Waals surface area contributed by atoms with Gasteiger partial charge in [0.25, 0.3) is 0 Å². The molecule has 0 aliphatic heterocycles. The highest BCUT2D eigenvalue weighted by molar-refractivity contribution is 14.1. The molecule has 2 rings (SSSR count). The van der Waals surface area contributed by atoms with Gasteiger partial charge in [-0.25, -0.2) is 9.97 Å². The van der Waals surface area contributed by atoms with Gasteiger partial charge in [-0.15, -0.1) is 0 Å². The molecular weight excluding hydrogens is 331 g/mol. The average Bonchev–Trinajstić information content (AvgIpc) is 2.33. The maximum absolute atomic E-state index is 5.66. The summed E-state index contributed by atoms with van der Waals surface area (Å²) >= 11 is 2.13. The first-order valence-corrected chi connectivity index (χ1v) is 6.23. The van der Waals surface area contributed by atoms with E-state index in [9.17, 15) is 0 Å². The molecule has 2 aromatic rings. The molecule has 0 bridgehead atoms. The van der Waals surface area contributed by atoms with Crippen LogP contribution in [0.3, 0.4) is 0 Å². The fourth-order valence-corrected chi connectivity index (χ4v) is 1.69. The first-order valence-electron chi connectivity index (χ1n) is 5.16. The van der Waals surface area contributed by atoms with Crippen molar-refractivity contribution in [2.75, 3.05) is 6.61 Å². The van der Waals surface area contributed by atoms with Gasteiger partial charge in [0, 0.05) is 12.3 Å². The highest BCUT2D eigenvalue weighted by atomic mass is 127. The Morgan fingerprint density at radius 2 is 2.12 bits per heavy atom. The van der Waals surface area contributed by atoms with Gasteiger partial charge < -0.3 is 9.47 Å². The van der Waals surface area contributed by atoms with Gasteiger partial charge in [-0.05, 0) is 41.6 Å². The molecule has 0 aliphatic carbocycles. The summed E-state index contributed by atoms with van der Waals surface area (Å²) < 4.78 is 11.9. The zero-order valence-electron chi connectivity index (χ0n) is 9.26. The summed E-state index contributed by atoms with van der Waals surface area (Å²) in [4.78, 5) is 7.98. The lowest BCUT2D eigenvalue weighted by Crippen LogP contribution is -1.94. The molecule has 0 spiro atoms. The van der Waals surface area contributed by atoms with E-state index in [1.807, 2.05) is 31.2 Å². The van der Waals surface area contributed by atoms with Gasteiger partial charge in [-0.1, -0.05) is 6.07 Å². The Labute approximate surface area is 113 Å². The second-order valence-electron chi connectivity index (χ2n) is 3.19. The van der Waals surface area contributed by atoms with Gasteiger partial charge in [0.15, 0.2) is 0 Å². The van der Waals surface area contributed by atoms with Crippen molar-refractivity contribution in [3.8, 4) is 17.4 Å². The number of hydrogen-bond donors (Lipinski definition) is 0. The fraction of sp³-hybridized carbons (Fsp3) is 0.167. The molecule has 0 saturated heterocycles. The summed E-state index contributed by atoms with van der Waals surface area (Å²) in [7, 11) is 0. The minimum Gasteiger partial charge on any atom is -0.494 e. The number of nitrogens with zero attached hydrogens (tertiary/aromatic N) is 2. The number of rotatable bonds is 4. The summed E-state index contributed by atoms with van der Waals surface area (Å²) in [5, 5.41) is 0. The van der Waals surface area contributed by atoms with E-state index in [0.29, 0.717) is 18.2 Å². The van der Waals surface area contributed by atoms with Crippen LogP contribution >= 0.6 is 22.6 Å². The van der Waals surface area contributed by atoms with E-state index >= 15 is 0 Å². The normalized spacial score (nSPS) is 10.0. The van der Waals surface area contributed by atoms with Gasteiger partial charge in [0.1, 0.15) is 17.8 Å². The van der Waals surface area contributed by atoms with Crippen LogP contribution < -0.4 is 9.47 Å². The molecule has 0 fully saturated rings. The average molecular weight is 342 g/mol. The first kappa shape index (κ1) is 12.1. The summed E-state index contributed by atoms with van der Waals surface area (Å²) in [5.41, 5.74) is 0. The van der Waals surface area contributed by atoms with Gasteiger partial charge in [-0.2, -0.15) is 0 Å². The van der Waals surface area contributed by atoms with Crippen LogP contribution in [0.15, 0.2) is 36.8 Å². The lowest BCUT2D eigenvalue weighted by molar-refractivity contribution is 0.338. The van der Waals surface area contributed by atoms with E-state index in [0.717, 1.165) is 9.32 Å². The SMILES string of the molecule is CCOc1cccc(Oc2ncncc2I)c1. The van der Waals surface area contributed by atoms with E-state index < -0.39 is 0 Å². The van der Waals surface area contributed by atoms with Crippen molar-refractivity contribution >= 4 is 22.6 Å². The summed E-state index contributed by atoms with van der Waals surface area (Å²) in [6.07, 6.45) is 3.17. The minimum absolute atomic E-state index is 0.550. The fourth-order valence-electron chi connectivity index (χ4n) is 1.28. The molecular formula is C12H11IN2O2.